The van der Waals surface area contributed by atoms with Gasteiger partial charge < -0.3 is 4.74 Å². The van der Waals surface area contributed by atoms with E-state index in [0.717, 1.165) is 72.2 Å². The van der Waals surface area contributed by atoms with E-state index in [4.69, 9.17) is 21.3 Å². The molecule has 1 saturated heterocycles. The van der Waals surface area contributed by atoms with Crippen LogP contribution in [0.2, 0.25) is 5.02 Å². The van der Waals surface area contributed by atoms with Crippen LogP contribution in [0.5, 0.6) is 0 Å². The van der Waals surface area contributed by atoms with E-state index in [0.29, 0.717) is 5.02 Å². The summed E-state index contributed by atoms with van der Waals surface area (Å²) < 4.78 is 7.57. The summed E-state index contributed by atoms with van der Waals surface area (Å²) in [6, 6.07) is 12.2. The van der Waals surface area contributed by atoms with Gasteiger partial charge in [0.05, 0.1) is 35.0 Å². The van der Waals surface area contributed by atoms with E-state index < -0.39 is 0 Å². The fourth-order valence-electron chi connectivity index (χ4n) is 4.04. The minimum Gasteiger partial charge on any atom is -0.379 e. The SMILES string of the molecule is Cc1cc(CN2CCOCC2)cc2c1nc(C)c1nnc(-c3ccccc3Cl)n12. The van der Waals surface area contributed by atoms with Crippen LogP contribution in [0.15, 0.2) is 36.4 Å². The number of benzene rings is 2. The summed E-state index contributed by atoms with van der Waals surface area (Å²) in [5.74, 6) is 0.740. The fraction of sp³-hybridized carbons (Fsp3) is 0.318. The Morgan fingerprint density at radius 2 is 1.86 bits per heavy atom. The largest absolute Gasteiger partial charge is 0.379 e. The van der Waals surface area contributed by atoms with Crippen molar-refractivity contribution in [3.05, 3.63) is 58.2 Å². The monoisotopic (exact) mass is 407 g/mol. The number of aryl methyl sites for hydroxylation is 2. The van der Waals surface area contributed by atoms with E-state index in [1.165, 1.54) is 5.56 Å². The predicted molar refractivity (Wildman–Crippen MR) is 114 cm³/mol. The summed E-state index contributed by atoms with van der Waals surface area (Å²) in [4.78, 5) is 7.25. The van der Waals surface area contributed by atoms with Crippen molar-refractivity contribution >= 4 is 28.3 Å². The van der Waals surface area contributed by atoms with E-state index in [9.17, 15) is 0 Å². The first-order chi connectivity index (χ1) is 14.1. The Kier molecular flexibility index (Phi) is 4.70. The number of halogens is 1. The van der Waals surface area contributed by atoms with Gasteiger partial charge in [-0.2, -0.15) is 0 Å². The molecule has 3 heterocycles. The Bertz CT molecular complexity index is 1210. The molecule has 1 fully saturated rings. The molecule has 29 heavy (non-hydrogen) atoms. The first-order valence-corrected chi connectivity index (χ1v) is 10.2. The van der Waals surface area contributed by atoms with Crippen molar-refractivity contribution in [1.29, 1.82) is 0 Å². The smallest absolute Gasteiger partial charge is 0.183 e. The van der Waals surface area contributed by atoms with Crippen LogP contribution in [-0.2, 0) is 11.3 Å². The van der Waals surface area contributed by atoms with Gasteiger partial charge in [0.1, 0.15) is 0 Å². The summed E-state index contributed by atoms with van der Waals surface area (Å²) >= 11 is 6.48. The Balaban J connectivity index is 1.73. The van der Waals surface area contributed by atoms with E-state index in [-0.39, 0.29) is 0 Å². The van der Waals surface area contributed by atoms with E-state index in [1.54, 1.807) is 0 Å². The van der Waals surface area contributed by atoms with Crippen molar-refractivity contribution in [2.24, 2.45) is 0 Å². The number of rotatable bonds is 3. The molecule has 0 aliphatic carbocycles. The second-order valence-corrected chi connectivity index (χ2v) is 7.94. The number of fused-ring (bicyclic) bond motifs is 3. The first-order valence-electron chi connectivity index (χ1n) is 9.82. The molecule has 5 rings (SSSR count). The maximum atomic E-state index is 6.48. The van der Waals surface area contributed by atoms with E-state index >= 15 is 0 Å². The molecule has 0 N–H and O–H groups in total. The lowest BCUT2D eigenvalue weighted by Crippen LogP contribution is -2.35. The van der Waals surface area contributed by atoms with Crippen LogP contribution in [0, 0.1) is 13.8 Å². The molecule has 6 nitrogen and oxygen atoms in total. The lowest BCUT2D eigenvalue weighted by molar-refractivity contribution is 0.0342. The van der Waals surface area contributed by atoms with Gasteiger partial charge in [0.25, 0.3) is 0 Å². The molecular formula is C22H22ClN5O. The van der Waals surface area contributed by atoms with Crippen molar-refractivity contribution in [3.8, 4) is 11.4 Å². The van der Waals surface area contributed by atoms with Crippen LogP contribution >= 0.6 is 11.6 Å². The van der Waals surface area contributed by atoms with Crippen molar-refractivity contribution in [1.82, 2.24) is 24.5 Å². The second kappa shape index (κ2) is 7.37. The van der Waals surface area contributed by atoms with Crippen molar-refractivity contribution < 1.29 is 4.74 Å². The molecule has 2 aromatic carbocycles. The molecule has 0 unspecified atom stereocenters. The minimum absolute atomic E-state index is 0.658. The quantitative estimate of drug-likeness (QED) is 0.513. The number of ether oxygens (including phenoxy) is 1. The zero-order chi connectivity index (χ0) is 20.0. The van der Waals surface area contributed by atoms with Gasteiger partial charge in [-0.1, -0.05) is 29.8 Å². The molecule has 0 bridgehead atoms. The lowest BCUT2D eigenvalue weighted by Gasteiger charge is -2.26. The van der Waals surface area contributed by atoms with Crippen LogP contribution in [0.3, 0.4) is 0 Å². The summed E-state index contributed by atoms with van der Waals surface area (Å²) in [7, 11) is 0. The molecular weight excluding hydrogens is 386 g/mol. The highest BCUT2D eigenvalue weighted by Gasteiger charge is 2.18. The molecule has 0 amide bonds. The average Bonchev–Trinajstić information content (AvgIpc) is 3.16. The normalized spacial score (nSPS) is 15.4. The Hall–Kier alpha value is -2.54. The van der Waals surface area contributed by atoms with Crippen LogP contribution in [0.25, 0.3) is 28.1 Å². The Morgan fingerprint density at radius 3 is 2.66 bits per heavy atom. The van der Waals surface area contributed by atoms with Crippen LogP contribution < -0.4 is 0 Å². The summed E-state index contributed by atoms with van der Waals surface area (Å²) in [5, 5.41) is 9.56. The van der Waals surface area contributed by atoms with E-state index in [2.05, 4.69) is 38.6 Å². The summed E-state index contributed by atoms with van der Waals surface area (Å²) in [5.41, 5.74) is 6.85. The van der Waals surface area contributed by atoms with Crippen LogP contribution in [-0.4, -0.2) is 50.8 Å². The van der Waals surface area contributed by atoms with Crippen molar-refractivity contribution in [2.45, 2.75) is 20.4 Å². The first kappa shape index (κ1) is 18.5. The number of morpholine rings is 1. The third-order valence-corrected chi connectivity index (χ3v) is 5.80. The van der Waals surface area contributed by atoms with E-state index in [1.807, 2.05) is 31.2 Å². The molecule has 148 valence electrons. The highest BCUT2D eigenvalue weighted by atomic mass is 35.5. The third kappa shape index (κ3) is 3.27. The molecule has 7 heteroatoms. The molecule has 4 aromatic rings. The maximum absolute atomic E-state index is 6.48. The zero-order valence-corrected chi connectivity index (χ0v) is 17.3. The second-order valence-electron chi connectivity index (χ2n) is 7.53. The van der Waals surface area contributed by atoms with Gasteiger partial charge in [-0.05, 0) is 43.2 Å². The highest BCUT2D eigenvalue weighted by molar-refractivity contribution is 6.33. The van der Waals surface area contributed by atoms with Gasteiger partial charge in [0.15, 0.2) is 11.5 Å². The highest BCUT2D eigenvalue weighted by Crippen LogP contribution is 2.30. The standard InChI is InChI=1S/C22H22ClN5O/c1-14-11-16(13-27-7-9-29-10-8-27)12-19-20(14)24-15(2)21-25-26-22(28(19)21)17-5-3-4-6-18(17)23/h3-6,11-12H,7-10,13H2,1-2H3. The number of aromatic nitrogens is 4. The van der Waals surface area contributed by atoms with Crippen LogP contribution in [0.4, 0.5) is 0 Å². The Labute approximate surface area is 174 Å². The molecule has 0 saturated carbocycles. The minimum atomic E-state index is 0.658. The summed E-state index contributed by atoms with van der Waals surface area (Å²) in [6.07, 6.45) is 0. The topological polar surface area (TPSA) is 55.5 Å². The van der Waals surface area contributed by atoms with Gasteiger partial charge in [-0.25, -0.2) is 4.98 Å². The lowest BCUT2D eigenvalue weighted by atomic mass is 10.1. The average molecular weight is 408 g/mol. The van der Waals surface area contributed by atoms with Gasteiger partial charge in [0, 0.05) is 25.2 Å². The zero-order valence-electron chi connectivity index (χ0n) is 16.5. The molecule has 2 aromatic heterocycles. The third-order valence-electron chi connectivity index (χ3n) is 5.47. The van der Waals surface area contributed by atoms with Gasteiger partial charge in [-0.3, -0.25) is 9.30 Å². The van der Waals surface area contributed by atoms with Crippen LogP contribution in [0.1, 0.15) is 16.8 Å². The predicted octanol–water partition coefficient (Wildman–Crippen LogP) is 4.05. The van der Waals surface area contributed by atoms with Crippen molar-refractivity contribution in [2.75, 3.05) is 26.3 Å². The van der Waals surface area contributed by atoms with Crippen molar-refractivity contribution in [3.63, 3.8) is 0 Å². The molecule has 0 atom stereocenters. The Morgan fingerprint density at radius 1 is 1.07 bits per heavy atom. The summed E-state index contributed by atoms with van der Waals surface area (Å²) in [6.45, 7) is 8.47. The number of hydrogen-bond donors (Lipinski definition) is 0. The molecule has 1 aliphatic heterocycles. The number of nitrogens with zero attached hydrogens (tertiary/aromatic N) is 5. The molecule has 1 aliphatic rings. The molecule has 0 radical (unpaired) electrons. The van der Waals surface area contributed by atoms with Gasteiger partial charge in [0.2, 0.25) is 0 Å². The van der Waals surface area contributed by atoms with Gasteiger partial charge in [-0.15, -0.1) is 10.2 Å². The maximum Gasteiger partial charge on any atom is 0.183 e. The number of hydrogen-bond acceptors (Lipinski definition) is 5. The molecule has 0 spiro atoms. The van der Waals surface area contributed by atoms with Gasteiger partial charge >= 0.3 is 0 Å². The fourth-order valence-corrected chi connectivity index (χ4v) is 4.26.